The molecule has 0 spiro atoms. The highest BCUT2D eigenvalue weighted by molar-refractivity contribution is 5.88. The van der Waals surface area contributed by atoms with Gasteiger partial charge in [-0.05, 0) is 35.6 Å². The largest absolute Gasteiger partial charge is 0.416 e. The molecule has 2 aromatic carbocycles. The molecule has 0 aliphatic carbocycles. The number of aromatic nitrogens is 1. The molecule has 3 rings (SSSR count). The van der Waals surface area contributed by atoms with Gasteiger partial charge in [0, 0.05) is 36.0 Å². The number of amides is 1. The van der Waals surface area contributed by atoms with Crippen molar-refractivity contribution in [2.75, 3.05) is 6.54 Å². The molecule has 3 nitrogen and oxygen atoms in total. The van der Waals surface area contributed by atoms with E-state index < -0.39 is 17.7 Å². The predicted molar refractivity (Wildman–Crippen MR) is 118 cm³/mol. The van der Waals surface area contributed by atoms with Crippen LogP contribution in [0.4, 0.5) is 13.2 Å². The third kappa shape index (κ3) is 5.49. The Morgan fingerprint density at radius 2 is 1.87 bits per heavy atom. The minimum atomic E-state index is -4.43. The molecular formula is C25H29F3N2O. The SMILES string of the molecule is CCCCCNC(=O)C[C@H](c1cccc(C(F)(F)F)c1)c1c[nH]c2c(CC)cccc12. The van der Waals surface area contributed by atoms with Gasteiger partial charge in [-0.15, -0.1) is 0 Å². The van der Waals surface area contributed by atoms with Gasteiger partial charge in [-0.2, -0.15) is 13.2 Å². The molecule has 31 heavy (non-hydrogen) atoms. The average Bonchev–Trinajstić information content (AvgIpc) is 3.18. The van der Waals surface area contributed by atoms with Crippen LogP contribution in [0.15, 0.2) is 48.7 Å². The van der Waals surface area contributed by atoms with Gasteiger partial charge in [-0.25, -0.2) is 0 Å². The zero-order valence-corrected chi connectivity index (χ0v) is 18.0. The summed E-state index contributed by atoms with van der Waals surface area (Å²) in [7, 11) is 0. The van der Waals surface area contributed by atoms with Crippen molar-refractivity contribution in [1.82, 2.24) is 10.3 Å². The van der Waals surface area contributed by atoms with Crippen LogP contribution in [0.5, 0.6) is 0 Å². The lowest BCUT2D eigenvalue weighted by Gasteiger charge is -2.19. The number of carbonyl (C=O) groups is 1. The Morgan fingerprint density at radius 3 is 2.58 bits per heavy atom. The van der Waals surface area contributed by atoms with E-state index in [9.17, 15) is 18.0 Å². The third-order valence-electron chi connectivity index (χ3n) is 5.70. The van der Waals surface area contributed by atoms with Crippen LogP contribution < -0.4 is 5.32 Å². The second kappa shape index (κ2) is 10.0. The van der Waals surface area contributed by atoms with Crippen LogP contribution in [0.1, 0.15) is 67.7 Å². The molecule has 3 aromatic rings. The summed E-state index contributed by atoms with van der Waals surface area (Å²) in [5, 5.41) is 3.87. The van der Waals surface area contributed by atoms with E-state index in [1.165, 1.54) is 6.07 Å². The van der Waals surface area contributed by atoms with E-state index in [1.807, 2.05) is 24.4 Å². The van der Waals surface area contributed by atoms with Crippen molar-refractivity contribution in [1.29, 1.82) is 0 Å². The van der Waals surface area contributed by atoms with Crippen LogP contribution >= 0.6 is 0 Å². The molecule has 0 bridgehead atoms. The number of hydrogen-bond donors (Lipinski definition) is 2. The number of carbonyl (C=O) groups excluding carboxylic acids is 1. The number of nitrogens with one attached hydrogen (secondary N) is 2. The van der Waals surface area contributed by atoms with Crippen LogP contribution in [0.3, 0.4) is 0 Å². The number of fused-ring (bicyclic) bond motifs is 1. The number of unbranched alkanes of at least 4 members (excludes halogenated alkanes) is 2. The van der Waals surface area contributed by atoms with Crippen molar-refractivity contribution in [3.63, 3.8) is 0 Å². The molecule has 1 atom stereocenters. The molecule has 0 radical (unpaired) electrons. The molecule has 6 heteroatoms. The van der Waals surface area contributed by atoms with Gasteiger partial charge in [-0.3, -0.25) is 4.79 Å². The van der Waals surface area contributed by atoms with Crippen molar-refractivity contribution in [2.24, 2.45) is 0 Å². The fourth-order valence-electron chi connectivity index (χ4n) is 4.02. The first kappa shape index (κ1) is 22.9. The lowest BCUT2D eigenvalue weighted by Crippen LogP contribution is -2.26. The zero-order valence-electron chi connectivity index (χ0n) is 18.0. The number of para-hydroxylation sites is 1. The lowest BCUT2D eigenvalue weighted by atomic mass is 9.86. The Balaban J connectivity index is 1.99. The lowest BCUT2D eigenvalue weighted by molar-refractivity contribution is -0.137. The number of hydrogen-bond acceptors (Lipinski definition) is 1. The van der Waals surface area contributed by atoms with E-state index in [2.05, 4.69) is 24.1 Å². The summed E-state index contributed by atoms with van der Waals surface area (Å²) in [6, 6.07) is 11.3. The molecule has 1 amide bonds. The van der Waals surface area contributed by atoms with Gasteiger partial charge < -0.3 is 10.3 Å². The minimum absolute atomic E-state index is 0.0940. The van der Waals surface area contributed by atoms with Gasteiger partial charge in [0.15, 0.2) is 0 Å². The topological polar surface area (TPSA) is 44.9 Å². The molecule has 0 aliphatic rings. The van der Waals surface area contributed by atoms with E-state index in [1.54, 1.807) is 6.07 Å². The van der Waals surface area contributed by atoms with Gasteiger partial charge >= 0.3 is 6.18 Å². The highest BCUT2D eigenvalue weighted by Gasteiger charge is 2.32. The average molecular weight is 431 g/mol. The summed E-state index contributed by atoms with van der Waals surface area (Å²) in [6.45, 7) is 4.73. The number of alkyl halides is 3. The molecule has 0 fully saturated rings. The first-order chi connectivity index (χ1) is 14.8. The van der Waals surface area contributed by atoms with Crippen LogP contribution in [0.2, 0.25) is 0 Å². The van der Waals surface area contributed by atoms with E-state index in [-0.39, 0.29) is 12.3 Å². The van der Waals surface area contributed by atoms with Crippen molar-refractivity contribution in [3.8, 4) is 0 Å². The Kier molecular flexibility index (Phi) is 7.42. The first-order valence-electron chi connectivity index (χ1n) is 10.9. The molecule has 0 unspecified atom stereocenters. The molecule has 0 aliphatic heterocycles. The van der Waals surface area contributed by atoms with Crippen molar-refractivity contribution >= 4 is 16.8 Å². The molecule has 166 valence electrons. The van der Waals surface area contributed by atoms with Crippen molar-refractivity contribution in [3.05, 3.63) is 70.9 Å². The number of halogens is 3. The van der Waals surface area contributed by atoms with Gasteiger partial charge in [-0.1, -0.05) is 63.1 Å². The highest BCUT2D eigenvalue weighted by Crippen LogP contribution is 2.37. The van der Waals surface area contributed by atoms with Gasteiger partial charge in [0.05, 0.1) is 5.56 Å². The predicted octanol–water partition coefficient (Wildman–Crippen LogP) is 6.58. The molecule has 0 saturated carbocycles. The molecular weight excluding hydrogens is 401 g/mol. The maximum absolute atomic E-state index is 13.3. The van der Waals surface area contributed by atoms with Crippen LogP contribution in [-0.4, -0.2) is 17.4 Å². The monoisotopic (exact) mass is 430 g/mol. The Bertz CT molecular complexity index is 1020. The summed E-state index contributed by atoms with van der Waals surface area (Å²) >= 11 is 0. The smallest absolute Gasteiger partial charge is 0.361 e. The second-order valence-corrected chi connectivity index (χ2v) is 7.87. The second-order valence-electron chi connectivity index (χ2n) is 7.87. The van der Waals surface area contributed by atoms with Gasteiger partial charge in [0.25, 0.3) is 0 Å². The normalized spacial score (nSPS) is 12.8. The summed E-state index contributed by atoms with van der Waals surface area (Å²) in [5.74, 6) is -0.631. The van der Waals surface area contributed by atoms with E-state index >= 15 is 0 Å². The quantitative estimate of drug-likeness (QED) is 0.370. The first-order valence-corrected chi connectivity index (χ1v) is 10.9. The Labute approximate surface area is 181 Å². The van der Waals surface area contributed by atoms with Crippen LogP contribution in [0, 0.1) is 0 Å². The summed E-state index contributed by atoms with van der Waals surface area (Å²) in [4.78, 5) is 16.0. The van der Waals surface area contributed by atoms with Crippen LogP contribution in [-0.2, 0) is 17.4 Å². The summed E-state index contributed by atoms with van der Waals surface area (Å²) in [5.41, 5.74) is 2.73. The van der Waals surface area contributed by atoms with Crippen molar-refractivity contribution < 1.29 is 18.0 Å². The fourth-order valence-corrected chi connectivity index (χ4v) is 4.02. The molecule has 2 N–H and O–H groups in total. The molecule has 1 heterocycles. The number of aryl methyl sites for hydroxylation is 1. The standard InChI is InChI=1S/C25H29F3N2O/c1-3-5-6-13-29-23(31)15-21(18-10-7-11-19(14-18)25(26,27)28)22-16-30-24-17(4-2)9-8-12-20(22)24/h7-12,14,16,21,30H,3-6,13,15H2,1-2H3,(H,29,31)/t21-/m1/s1. The fraction of sp³-hybridized carbons (Fsp3) is 0.400. The number of H-pyrrole nitrogens is 1. The van der Waals surface area contributed by atoms with E-state index in [4.69, 9.17) is 0 Å². The third-order valence-corrected chi connectivity index (χ3v) is 5.70. The maximum atomic E-state index is 13.3. The van der Waals surface area contributed by atoms with E-state index in [0.717, 1.165) is 59.8 Å². The van der Waals surface area contributed by atoms with Crippen molar-refractivity contribution in [2.45, 2.75) is 58.0 Å². The summed E-state index contributed by atoms with van der Waals surface area (Å²) in [6.07, 6.45) is 1.30. The van der Waals surface area contributed by atoms with Gasteiger partial charge in [0.1, 0.15) is 0 Å². The number of benzene rings is 2. The zero-order chi connectivity index (χ0) is 22.4. The summed E-state index contributed by atoms with van der Waals surface area (Å²) < 4.78 is 40.0. The Morgan fingerprint density at radius 1 is 1.10 bits per heavy atom. The Hall–Kier alpha value is -2.76. The number of rotatable bonds is 9. The number of aromatic amines is 1. The van der Waals surface area contributed by atoms with Gasteiger partial charge in [0.2, 0.25) is 5.91 Å². The van der Waals surface area contributed by atoms with Crippen LogP contribution in [0.25, 0.3) is 10.9 Å². The molecule has 0 saturated heterocycles. The molecule has 1 aromatic heterocycles. The maximum Gasteiger partial charge on any atom is 0.416 e. The van der Waals surface area contributed by atoms with E-state index in [0.29, 0.717) is 12.1 Å². The highest BCUT2D eigenvalue weighted by atomic mass is 19.4. The minimum Gasteiger partial charge on any atom is -0.361 e.